The predicted octanol–water partition coefficient (Wildman–Crippen LogP) is 2.98. The van der Waals surface area contributed by atoms with Crippen LogP contribution in [0.1, 0.15) is 37.7 Å². The largest absolute Gasteiger partial charge is 0.401 e. The minimum Gasteiger partial charge on any atom is -0.396 e. The quantitative estimate of drug-likeness (QED) is 0.430. The van der Waals surface area contributed by atoms with Gasteiger partial charge in [0.2, 0.25) is 0 Å². The zero-order valence-electron chi connectivity index (χ0n) is 17.1. The van der Waals surface area contributed by atoms with E-state index in [1.807, 2.05) is 37.3 Å². The normalized spacial score (nSPS) is 17.9. The first-order valence-corrected chi connectivity index (χ1v) is 10.4. The maximum Gasteiger partial charge on any atom is 0.401 e. The molecule has 1 saturated heterocycles. The second-order valence-electron chi connectivity index (χ2n) is 7.56. The summed E-state index contributed by atoms with van der Waals surface area (Å²) in [5, 5.41) is 16.2. The highest BCUT2D eigenvalue weighted by Gasteiger charge is 2.32. The number of benzene rings is 1. The zero-order valence-corrected chi connectivity index (χ0v) is 17.1. The number of aliphatic imine (C=N–C) groups is 1. The molecule has 1 fully saturated rings. The third-order valence-electron chi connectivity index (χ3n) is 5.26. The van der Waals surface area contributed by atoms with Crippen molar-refractivity contribution in [1.29, 1.82) is 0 Å². The lowest BCUT2D eigenvalue weighted by molar-refractivity contribution is -0.148. The topological polar surface area (TPSA) is 59.9 Å². The molecule has 1 aromatic carbocycles. The molecular formula is C21H33F3N4O. The molecule has 0 bridgehead atoms. The van der Waals surface area contributed by atoms with Gasteiger partial charge >= 0.3 is 6.18 Å². The summed E-state index contributed by atoms with van der Waals surface area (Å²) in [6, 6.07) is 9.82. The van der Waals surface area contributed by atoms with Crippen molar-refractivity contribution in [3.63, 3.8) is 0 Å². The summed E-state index contributed by atoms with van der Waals surface area (Å²) in [5.41, 5.74) is 1.06. The molecule has 164 valence electrons. The molecule has 0 aromatic heterocycles. The van der Waals surface area contributed by atoms with Gasteiger partial charge in [0, 0.05) is 19.0 Å². The molecule has 0 radical (unpaired) electrons. The zero-order chi connectivity index (χ0) is 21.1. The number of hydrogen-bond acceptors (Lipinski definition) is 3. The van der Waals surface area contributed by atoms with Crippen molar-refractivity contribution < 1.29 is 18.3 Å². The average molecular weight is 415 g/mol. The highest BCUT2D eigenvalue weighted by atomic mass is 19.4. The minimum absolute atomic E-state index is 0.0312. The van der Waals surface area contributed by atoms with E-state index < -0.39 is 12.7 Å². The number of aliphatic hydroxyl groups excluding tert-OH is 1. The summed E-state index contributed by atoms with van der Waals surface area (Å²) in [6.45, 7) is 4.18. The lowest BCUT2D eigenvalue weighted by Crippen LogP contribution is -2.41. The SMILES string of the molecule is CCNC(=NCC(CO)c1ccccc1)NCCC1CCN(CC(F)(F)F)CC1. The molecule has 1 aliphatic rings. The van der Waals surface area contributed by atoms with Crippen LogP contribution in [0.25, 0.3) is 0 Å². The van der Waals surface area contributed by atoms with Crippen LogP contribution in [-0.4, -0.2) is 68.0 Å². The highest BCUT2D eigenvalue weighted by molar-refractivity contribution is 5.79. The van der Waals surface area contributed by atoms with Crippen LogP contribution in [0.3, 0.4) is 0 Å². The van der Waals surface area contributed by atoms with Crippen LogP contribution in [0.2, 0.25) is 0 Å². The molecule has 8 heteroatoms. The monoisotopic (exact) mass is 414 g/mol. The van der Waals surface area contributed by atoms with E-state index in [9.17, 15) is 18.3 Å². The minimum atomic E-state index is -4.11. The molecule has 1 atom stereocenters. The van der Waals surface area contributed by atoms with Gasteiger partial charge < -0.3 is 15.7 Å². The Hall–Kier alpha value is -1.80. The van der Waals surface area contributed by atoms with Gasteiger partial charge in [-0.3, -0.25) is 9.89 Å². The number of nitrogens with one attached hydrogen (secondary N) is 2. The van der Waals surface area contributed by atoms with Gasteiger partial charge in [-0.1, -0.05) is 30.3 Å². The van der Waals surface area contributed by atoms with E-state index in [0.717, 1.165) is 37.9 Å². The molecule has 29 heavy (non-hydrogen) atoms. The van der Waals surface area contributed by atoms with Crippen LogP contribution in [0.15, 0.2) is 35.3 Å². The van der Waals surface area contributed by atoms with Crippen molar-refractivity contribution in [2.75, 3.05) is 45.9 Å². The van der Waals surface area contributed by atoms with Gasteiger partial charge in [0.15, 0.2) is 5.96 Å². The Morgan fingerprint density at radius 3 is 2.48 bits per heavy atom. The molecule has 1 unspecified atom stereocenters. The molecule has 5 nitrogen and oxygen atoms in total. The number of rotatable bonds is 9. The summed E-state index contributed by atoms with van der Waals surface area (Å²) in [6.07, 6.45) is -1.61. The van der Waals surface area contributed by atoms with E-state index in [4.69, 9.17) is 0 Å². The van der Waals surface area contributed by atoms with Crippen LogP contribution < -0.4 is 10.6 Å². The van der Waals surface area contributed by atoms with Gasteiger partial charge in [0.05, 0.1) is 19.7 Å². The molecule has 3 N–H and O–H groups in total. The Morgan fingerprint density at radius 2 is 1.90 bits per heavy atom. The summed E-state index contributed by atoms with van der Waals surface area (Å²) < 4.78 is 37.4. The van der Waals surface area contributed by atoms with Crippen LogP contribution in [0, 0.1) is 5.92 Å². The van der Waals surface area contributed by atoms with Crippen molar-refractivity contribution in [1.82, 2.24) is 15.5 Å². The summed E-state index contributed by atoms with van der Waals surface area (Å²) in [4.78, 5) is 6.09. The molecule has 1 aromatic rings. The first kappa shape index (κ1) is 23.5. The number of piperidine rings is 1. The molecular weight excluding hydrogens is 381 g/mol. The molecule has 0 amide bonds. The van der Waals surface area contributed by atoms with Gasteiger partial charge in [0.25, 0.3) is 0 Å². The fourth-order valence-electron chi connectivity index (χ4n) is 3.62. The number of alkyl halides is 3. The predicted molar refractivity (Wildman–Crippen MR) is 110 cm³/mol. The van der Waals surface area contributed by atoms with Gasteiger partial charge in [-0.2, -0.15) is 13.2 Å². The fraction of sp³-hybridized carbons (Fsp3) is 0.667. The Kier molecular flexibility index (Phi) is 9.73. The fourth-order valence-corrected chi connectivity index (χ4v) is 3.62. The van der Waals surface area contributed by atoms with E-state index >= 15 is 0 Å². The van der Waals surface area contributed by atoms with Crippen molar-refractivity contribution in [3.8, 4) is 0 Å². The van der Waals surface area contributed by atoms with Crippen molar-refractivity contribution in [2.24, 2.45) is 10.9 Å². The second kappa shape index (κ2) is 12.0. The van der Waals surface area contributed by atoms with Crippen molar-refractivity contribution >= 4 is 5.96 Å². The third-order valence-corrected chi connectivity index (χ3v) is 5.26. The standard InChI is InChI=1S/C21H33F3N4O/c1-2-25-20(27-14-19(15-29)18-6-4-3-5-7-18)26-11-8-17-9-12-28(13-10-17)16-21(22,23)24/h3-7,17,19,29H,2,8-16H2,1H3,(H2,25,26,27). The molecule has 1 heterocycles. The number of hydrogen-bond donors (Lipinski definition) is 3. The maximum atomic E-state index is 12.5. The van der Waals surface area contributed by atoms with E-state index in [-0.39, 0.29) is 12.5 Å². The van der Waals surface area contributed by atoms with E-state index in [1.165, 1.54) is 4.90 Å². The molecule has 0 aliphatic carbocycles. The van der Waals surface area contributed by atoms with E-state index in [2.05, 4.69) is 15.6 Å². The lowest BCUT2D eigenvalue weighted by Gasteiger charge is -2.32. The maximum absolute atomic E-state index is 12.5. The summed E-state index contributed by atoms with van der Waals surface area (Å²) in [7, 11) is 0. The third kappa shape index (κ3) is 9.04. The van der Waals surface area contributed by atoms with Crippen LogP contribution in [-0.2, 0) is 0 Å². The summed E-state index contributed by atoms with van der Waals surface area (Å²) >= 11 is 0. The van der Waals surface area contributed by atoms with Crippen LogP contribution in [0.5, 0.6) is 0 Å². The number of halogens is 3. The Morgan fingerprint density at radius 1 is 1.21 bits per heavy atom. The number of aliphatic hydroxyl groups is 1. The first-order valence-electron chi connectivity index (χ1n) is 10.4. The van der Waals surface area contributed by atoms with Gasteiger partial charge in [-0.15, -0.1) is 0 Å². The highest BCUT2D eigenvalue weighted by Crippen LogP contribution is 2.24. The van der Waals surface area contributed by atoms with Gasteiger partial charge in [-0.05, 0) is 50.8 Å². The smallest absolute Gasteiger partial charge is 0.396 e. The van der Waals surface area contributed by atoms with E-state index in [1.54, 1.807) is 0 Å². The Balaban J connectivity index is 1.75. The Bertz CT molecular complexity index is 602. The molecule has 0 saturated carbocycles. The van der Waals surface area contributed by atoms with Crippen LogP contribution in [0.4, 0.5) is 13.2 Å². The number of guanidine groups is 1. The molecule has 1 aliphatic heterocycles. The van der Waals surface area contributed by atoms with Gasteiger partial charge in [-0.25, -0.2) is 0 Å². The Labute approximate surface area is 171 Å². The first-order chi connectivity index (χ1) is 13.9. The van der Waals surface area contributed by atoms with Crippen molar-refractivity contribution in [2.45, 2.75) is 38.3 Å². The van der Waals surface area contributed by atoms with Gasteiger partial charge in [0.1, 0.15) is 0 Å². The average Bonchev–Trinajstić information content (AvgIpc) is 2.69. The molecule has 2 rings (SSSR count). The summed E-state index contributed by atoms with van der Waals surface area (Å²) in [5.74, 6) is 1.09. The van der Waals surface area contributed by atoms with Crippen molar-refractivity contribution in [3.05, 3.63) is 35.9 Å². The van der Waals surface area contributed by atoms with Crippen LogP contribution >= 0.6 is 0 Å². The number of nitrogens with zero attached hydrogens (tertiary/aromatic N) is 2. The molecule has 0 spiro atoms. The number of likely N-dealkylation sites (tertiary alicyclic amines) is 1. The van der Waals surface area contributed by atoms with E-state index in [0.29, 0.717) is 31.5 Å². The second-order valence-corrected chi connectivity index (χ2v) is 7.56. The lowest BCUT2D eigenvalue weighted by atomic mass is 9.93.